The molecule has 0 amide bonds. The fourth-order valence-electron chi connectivity index (χ4n) is 15.0. The molecule has 7 aliphatic carbocycles. The lowest BCUT2D eigenvalue weighted by Gasteiger charge is -2.70. The summed E-state index contributed by atoms with van der Waals surface area (Å²) in [5.74, 6) is -3.55. The Kier molecular flexibility index (Phi) is 9.24. The number of hydrogen-bond acceptors (Lipinski definition) is 7. The Morgan fingerprint density at radius 1 is 1.00 bits per heavy atom. The summed E-state index contributed by atoms with van der Waals surface area (Å²) < 4.78 is 0. The van der Waals surface area contributed by atoms with E-state index in [1.54, 1.807) is 12.2 Å². The van der Waals surface area contributed by atoms with Gasteiger partial charge in [0.2, 0.25) is 0 Å². The topological polar surface area (TPSA) is 197 Å². The van der Waals surface area contributed by atoms with Crippen LogP contribution >= 0.6 is 0 Å². The van der Waals surface area contributed by atoms with Crippen LogP contribution in [0.1, 0.15) is 98.5 Å². The molecule has 0 bridgehead atoms. The molecule has 310 valence electrons. The van der Waals surface area contributed by atoms with Crippen LogP contribution in [0.5, 0.6) is 0 Å². The predicted molar refractivity (Wildman–Crippen MR) is 223 cm³/mol. The number of carboxylic acid groups (broad SMARTS) is 1. The molecule has 7 aliphatic rings. The van der Waals surface area contributed by atoms with E-state index in [9.17, 15) is 30.0 Å². The van der Waals surface area contributed by atoms with Gasteiger partial charge in [0.25, 0.3) is 0 Å². The summed E-state index contributed by atoms with van der Waals surface area (Å²) in [7, 11) is 0. The number of aliphatic imine (C=N–C) groups is 1. The van der Waals surface area contributed by atoms with E-state index in [0.29, 0.717) is 24.0 Å². The summed E-state index contributed by atoms with van der Waals surface area (Å²) in [6.45, 7) is 11.6. The minimum absolute atomic E-state index is 0.0212. The maximum atomic E-state index is 15.8. The molecule has 1 spiro atoms. The van der Waals surface area contributed by atoms with Crippen molar-refractivity contribution in [2.75, 3.05) is 0 Å². The van der Waals surface area contributed by atoms with Crippen LogP contribution < -0.4 is 11.5 Å². The van der Waals surface area contributed by atoms with Gasteiger partial charge in [0.1, 0.15) is 11.4 Å². The smallest absolute Gasteiger partial charge is 0.331 e. The van der Waals surface area contributed by atoms with Gasteiger partial charge in [-0.25, -0.2) is 9.79 Å². The van der Waals surface area contributed by atoms with Crippen LogP contribution in [0.25, 0.3) is 6.08 Å². The minimum Gasteiger partial charge on any atom is -0.478 e. The minimum atomic E-state index is -1.73. The second-order valence-corrected chi connectivity index (χ2v) is 20.0. The van der Waals surface area contributed by atoms with Crippen LogP contribution in [0.2, 0.25) is 0 Å². The van der Waals surface area contributed by atoms with Crippen molar-refractivity contribution in [2.24, 2.45) is 73.1 Å². The Hall–Kier alpha value is -4.12. The van der Waals surface area contributed by atoms with Gasteiger partial charge in [0.05, 0.1) is 17.7 Å². The molecule has 12 unspecified atom stereocenters. The number of carbonyl (C=O) groups is 3. The van der Waals surface area contributed by atoms with Crippen molar-refractivity contribution in [1.29, 1.82) is 0 Å². The summed E-state index contributed by atoms with van der Waals surface area (Å²) >= 11 is 0. The maximum Gasteiger partial charge on any atom is 0.331 e. The second-order valence-electron chi connectivity index (χ2n) is 20.0. The molecule has 3 saturated carbocycles. The summed E-state index contributed by atoms with van der Waals surface area (Å²) in [5.41, 5.74) is 6.04. The number of hydrogen-bond donors (Lipinski definition) is 6. The van der Waals surface area contributed by atoms with E-state index >= 15 is 4.79 Å². The Morgan fingerprint density at radius 2 is 1.67 bits per heavy atom. The van der Waals surface area contributed by atoms with Gasteiger partial charge in [-0.05, 0) is 73.6 Å². The lowest BCUT2D eigenvalue weighted by molar-refractivity contribution is -0.175. The zero-order valence-corrected chi connectivity index (χ0v) is 34.7. The highest BCUT2D eigenvalue weighted by molar-refractivity contribution is 6.02. The quantitative estimate of drug-likeness (QED) is 0.0822. The molecular weight excluding hydrogens is 731 g/mol. The SMILES string of the molecule is CC(=CC(O)C1C(N=C(N)N)C=CC2(CC3(O)C=CC4(O)C5=C(C(=O)CC2(C2CCCC2)C53C)C2(C)CCC(=O)C(C)(C)C2C4C=Cc2ccccc2)C1C)C(=O)O. The molecule has 0 aliphatic heterocycles. The molecule has 0 saturated heterocycles. The number of fused-ring (bicyclic) bond motifs is 3. The Bertz CT molecular complexity index is 2120. The Balaban J connectivity index is 1.43. The number of aliphatic carboxylic acids is 1. The van der Waals surface area contributed by atoms with Crippen LogP contribution in [0.4, 0.5) is 0 Å². The fourth-order valence-corrected chi connectivity index (χ4v) is 15.0. The number of aliphatic hydroxyl groups excluding tert-OH is 1. The highest BCUT2D eigenvalue weighted by Gasteiger charge is 2.84. The molecule has 10 heteroatoms. The molecule has 8 N–H and O–H groups in total. The maximum absolute atomic E-state index is 15.8. The van der Waals surface area contributed by atoms with Crippen LogP contribution in [0.3, 0.4) is 0 Å². The van der Waals surface area contributed by atoms with Gasteiger partial charge in [-0.15, -0.1) is 0 Å². The van der Waals surface area contributed by atoms with Crippen molar-refractivity contribution in [3.8, 4) is 0 Å². The van der Waals surface area contributed by atoms with Crippen LogP contribution in [-0.2, 0) is 14.4 Å². The molecule has 0 heterocycles. The third-order valence-corrected chi connectivity index (χ3v) is 17.3. The number of nitrogens with zero attached hydrogens (tertiary/aromatic N) is 1. The zero-order valence-electron chi connectivity index (χ0n) is 34.7. The van der Waals surface area contributed by atoms with Gasteiger partial charge in [-0.1, -0.05) is 108 Å². The third kappa shape index (κ3) is 5.06. The second kappa shape index (κ2) is 13.2. The molecule has 58 heavy (non-hydrogen) atoms. The van der Waals surface area contributed by atoms with Crippen LogP contribution in [0, 0.1) is 56.7 Å². The summed E-state index contributed by atoms with van der Waals surface area (Å²) in [5, 5.41) is 49.5. The molecule has 1 aromatic carbocycles. The molecule has 10 nitrogen and oxygen atoms in total. The summed E-state index contributed by atoms with van der Waals surface area (Å²) in [6.07, 6.45) is 16.3. The van der Waals surface area contributed by atoms with E-state index in [1.165, 1.54) is 13.0 Å². The van der Waals surface area contributed by atoms with Crippen LogP contribution in [-0.4, -0.2) is 67.3 Å². The van der Waals surface area contributed by atoms with E-state index in [0.717, 1.165) is 31.2 Å². The first-order chi connectivity index (χ1) is 27.2. The average molecular weight is 792 g/mol. The monoisotopic (exact) mass is 791 g/mol. The van der Waals surface area contributed by atoms with Gasteiger partial charge in [0, 0.05) is 62.9 Å². The predicted octanol–water partition coefficient (Wildman–Crippen LogP) is 6.07. The standard InChI is InChI=1S/C48H61N3O7/c1-27(40(55)56)24-33(52)36-28(2)45(21-18-32(36)51-41(49)50)26-46(57)22-23-47(58)31(17-16-29-12-8-7-9-13-29)38-42(3,4)35(54)19-20-43(38,5)37-34(53)25-48(45,30-14-10-11-15-30)44(46,6)39(37)47/h7-9,12-13,16-18,21-24,28,30-33,36,38,52,57-58H,10-11,14-15,19-20,25-26H2,1-6H3,(H,55,56)(H4,49,50,51). The zero-order chi connectivity index (χ0) is 42.0. The number of Topliss-reactive ketones (excluding diaryl/α,β-unsaturated/α-hetero) is 2. The van der Waals surface area contributed by atoms with Crippen molar-refractivity contribution < 1.29 is 34.8 Å². The van der Waals surface area contributed by atoms with E-state index in [1.807, 2.05) is 69.3 Å². The molecule has 0 radical (unpaired) electrons. The molecule has 1 aromatic rings. The third-order valence-electron chi connectivity index (χ3n) is 17.3. The molecule has 8 rings (SSSR count). The van der Waals surface area contributed by atoms with Gasteiger partial charge in [0.15, 0.2) is 11.7 Å². The number of allylic oxidation sites excluding steroid dienone is 2. The summed E-state index contributed by atoms with van der Waals surface area (Å²) in [6, 6.07) is 9.16. The van der Waals surface area contributed by atoms with Crippen molar-refractivity contribution in [3.63, 3.8) is 0 Å². The Morgan fingerprint density at radius 3 is 2.31 bits per heavy atom. The van der Waals surface area contributed by atoms with Crippen molar-refractivity contribution >= 4 is 29.6 Å². The van der Waals surface area contributed by atoms with Gasteiger partial charge in [-0.3, -0.25) is 9.59 Å². The first-order valence-electron chi connectivity index (χ1n) is 21.2. The molecule has 0 aromatic heterocycles. The van der Waals surface area contributed by atoms with E-state index in [4.69, 9.17) is 11.5 Å². The molecular formula is C48H61N3O7. The Labute approximate surface area is 342 Å². The number of guanidine groups is 1. The van der Waals surface area contributed by atoms with E-state index in [2.05, 4.69) is 24.9 Å². The highest BCUT2D eigenvalue weighted by atomic mass is 16.4. The number of rotatable bonds is 7. The van der Waals surface area contributed by atoms with Crippen molar-refractivity contribution in [1.82, 2.24) is 0 Å². The molecule has 12 atom stereocenters. The number of carboxylic acids is 1. The molecule has 3 fully saturated rings. The number of benzene rings is 1. The fraction of sp³-hybridized carbons (Fsp3) is 0.583. The largest absolute Gasteiger partial charge is 0.478 e. The van der Waals surface area contributed by atoms with E-state index < -0.39 is 80.1 Å². The van der Waals surface area contributed by atoms with Gasteiger partial charge >= 0.3 is 5.97 Å². The normalized spacial score (nSPS) is 43.5. The highest BCUT2D eigenvalue weighted by Crippen LogP contribution is 2.84. The van der Waals surface area contributed by atoms with Crippen molar-refractivity contribution in [3.05, 3.63) is 89.1 Å². The number of aliphatic hydroxyl groups is 3. The average Bonchev–Trinajstić information content (AvgIpc) is 3.75. The first-order valence-corrected chi connectivity index (χ1v) is 21.2. The number of ketones is 2. The van der Waals surface area contributed by atoms with Crippen LogP contribution in [0.15, 0.2) is 88.5 Å². The first kappa shape index (κ1) is 40.7. The number of carbonyl (C=O) groups excluding carboxylic acids is 2. The number of nitrogens with two attached hydrogens (primary N) is 2. The van der Waals surface area contributed by atoms with Gasteiger partial charge in [-0.2, -0.15) is 0 Å². The van der Waals surface area contributed by atoms with Gasteiger partial charge < -0.3 is 31.9 Å². The lowest BCUT2D eigenvalue weighted by atomic mass is 9.33. The van der Waals surface area contributed by atoms with Crippen molar-refractivity contribution in [2.45, 2.75) is 116 Å². The summed E-state index contributed by atoms with van der Waals surface area (Å²) in [4.78, 5) is 46.4. The lowest BCUT2D eigenvalue weighted by Crippen LogP contribution is -2.71. The van der Waals surface area contributed by atoms with E-state index in [-0.39, 0.29) is 41.9 Å².